The van der Waals surface area contributed by atoms with Gasteiger partial charge in [-0.25, -0.2) is 0 Å². The third-order valence-corrected chi connectivity index (χ3v) is 4.36. The molecule has 2 N–H and O–H groups in total. The van der Waals surface area contributed by atoms with Gasteiger partial charge in [0.15, 0.2) is 0 Å². The normalized spacial score (nSPS) is 19.5. The van der Waals surface area contributed by atoms with Gasteiger partial charge in [0.1, 0.15) is 0 Å². The summed E-state index contributed by atoms with van der Waals surface area (Å²) in [6, 6.07) is 4.04. The molecule has 0 aromatic carbocycles. The van der Waals surface area contributed by atoms with Crippen LogP contribution in [0.3, 0.4) is 0 Å². The number of halogens is 2. The standard InChI is InChI=1S/C11H15BrN2OS.ClH/c12-10-4-3-9(16-10)7-14-11(15)8-2-1-5-13-6-8;/h3-4,8,13H,1-2,5-7H2,(H,14,15);1H/t8-;/m1./s1. The van der Waals surface area contributed by atoms with Crippen molar-refractivity contribution in [3.05, 3.63) is 20.8 Å². The van der Waals surface area contributed by atoms with Crippen molar-refractivity contribution in [2.75, 3.05) is 13.1 Å². The summed E-state index contributed by atoms with van der Waals surface area (Å²) in [5, 5.41) is 6.24. The van der Waals surface area contributed by atoms with Crippen LogP contribution in [0.2, 0.25) is 0 Å². The molecule has 2 rings (SSSR count). The Balaban J connectivity index is 0.00000144. The fraction of sp³-hybridized carbons (Fsp3) is 0.545. The zero-order valence-electron chi connectivity index (χ0n) is 9.37. The summed E-state index contributed by atoms with van der Waals surface area (Å²) in [7, 11) is 0. The Morgan fingerprint density at radius 2 is 2.41 bits per heavy atom. The highest BCUT2D eigenvalue weighted by molar-refractivity contribution is 9.11. The molecule has 1 aromatic rings. The molecule has 1 saturated heterocycles. The average molecular weight is 340 g/mol. The van der Waals surface area contributed by atoms with E-state index < -0.39 is 0 Å². The quantitative estimate of drug-likeness (QED) is 0.888. The highest BCUT2D eigenvalue weighted by Gasteiger charge is 2.20. The molecule has 1 atom stereocenters. The van der Waals surface area contributed by atoms with Crippen LogP contribution >= 0.6 is 39.7 Å². The van der Waals surface area contributed by atoms with Crippen LogP contribution in [0, 0.1) is 5.92 Å². The second-order valence-corrected chi connectivity index (χ2v) is 6.51. The minimum atomic E-state index is 0. The van der Waals surface area contributed by atoms with E-state index in [9.17, 15) is 4.79 Å². The van der Waals surface area contributed by atoms with Gasteiger partial charge >= 0.3 is 0 Å². The summed E-state index contributed by atoms with van der Waals surface area (Å²) in [6.07, 6.45) is 2.11. The lowest BCUT2D eigenvalue weighted by atomic mass is 9.99. The molecule has 1 aliphatic rings. The van der Waals surface area contributed by atoms with Crippen LogP contribution in [-0.4, -0.2) is 19.0 Å². The first-order valence-corrected chi connectivity index (χ1v) is 7.09. The van der Waals surface area contributed by atoms with E-state index in [0.29, 0.717) is 6.54 Å². The summed E-state index contributed by atoms with van der Waals surface area (Å²) >= 11 is 5.07. The van der Waals surface area contributed by atoms with Gasteiger partial charge in [0, 0.05) is 11.4 Å². The van der Waals surface area contributed by atoms with E-state index >= 15 is 0 Å². The molecule has 1 amide bonds. The summed E-state index contributed by atoms with van der Waals surface area (Å²) < 4.78 is 1.11. The van der Waals surface area contributed by atoms with Crippen LogP contribution in [0.5, 0.6) is 0 Å². The Hall–Kier alpha value is -0.100. The lowest BCUT2D eigenvalue weighted by Crippen LogP contribution is -2.40. The fourth-order valence-corrected chi connectivity index (χ4v) is 3.26. The second kappa shape index (κ2) is 7.36. The molecule has 3 nitrogen and oxygen atoms in total. The van der Waals surface area contributed by atoms with Crippen LogP contribution in [0.1, 0.15) is 17.7 Å². The fourth-order valence-electron chi connectivity index (χ4n) is 1.84. The third kappa shape index (κ3) is 4.58. The predicted molar refractivity (Wildman–Crippen MR) is 76.7 cm³/mol. The SMILES string of the molecule is Cl.O=C(NCc1ccc(Br)s1)[C@@H]1CCCNC1. The number of piperidine rings is 1. The summed E-state index contributed by atoms with van der Waals surface area (Å²) in [4.78, 5) is 13.0. The van der Waals surface area contributed by atoms with Gasteiger partial charge in [-0.05, 0) is 47.4 Å². The van der Waals surface area contributed by atoms with Gasteiger partial charge < -0.3 is 10.6 Å². The molecule has 0 aliphatic carbocycles. The predicted octanol–water partition coefficient (Wildman–Crippen LogP) is 2.55. The summed E-state index contributed by atoms with van der Waals surface area (Å²) in [6.45, 7) is 2.51. The van der Waals surface area contributed by atoms with Crippen LogP contribution in [0.15, 0.2) is 15.9 Å². The minimum Gasteiger partial charge on any atom is -0.351 e. The van der Waals surface area contributed by atoms with Gasteiger partial charge in [0.2, 0.25) is 5.91 Å². The maximum absolute atomic E-state index is 11.8. The molecule has 1 aromatic heterocycles. The largest absolute Gasteiger partial charge is 0.351 e. The van der Waals surface area contributed by atoms with Gasteiger partial charge in [-0.3, -0.25) is 4.79 Å². The van der Waals surface area contributed by atoms with Crippen molar-refractivity contribution in [2.45, 2.75) is 19.4 Å². The van der Waals surface area contributed by atoms with Crippen molar-refractivity contribution in [1.82, 2.24) is 10.6 Å². The number of amides is 1. The number of carbonyl (C=O) groups is 1. The Morgan fingerprint density at radius 1 is 1.59 bits per heavy atom. The highest BCUT2D eigenvalue weighted by Crippen LogP contribution is 2.21. The molecule has 96 valence electrons. The lowest BCUT2D eigenvalue weighted by molar-refractivity contribution is -0.125. The van der Waals surface area contributed by atoms with Crippen molar-refractivity contribution in [3.8, 4) is 0 Å². The molecule has 1 fully saturated rings. The van der Waals surface area contributed by atoms with E-state index in [1.165, 1.54) is 4.88 Å². The Labute approximate surface area is 120 Å². The van der Waals surface area contributed by atoms with Gasteiger partial charge in [0.05, 0.1) is 16.2 Å². The van der Waals surface area contributed by atoms with Gasteiger partial charge in [-0.15, -0.1) is 23.7 Å². The van der Waals surface area contributed by atoms with Gasteiger partial charge in [-0.1, -0.05) is 0 Å². The highest BCUT2D eigenvalue weighted by atomic mass is 79.9. The van der Waals surface area contributed by atoms with Crippen molar-refractivity contribution >= 4 is 45.6 Å². The first kappa shape index (κ1) is 15.0. The number of nitrogens with one attached hydrogen (secondary N) is 2. The molecular formula is C11H16BrClN2OS. The number of rotatable bonds is 3. The molecule has 2 heterocycles. The summed E-state index contributed by atoms with van der Waals surface area (Å²) in [5.41, 5.74) is 0. The van der Waals surface area contributed by atoms with Crippen LogP contribution in [-0.2, 0) is 11.3 Å². The summed E-state index contributed by atoms with van der Waals surface area (Å²) in [5.74, 6) is 0.328. The van der Waals surface area contributed by atoms with Gasteiger partial charge in [0.25, 0.3) is 0 Å². The molecule has 1 aliphatic heterocycles. The molecule has 0 radical (unpaired) electrons. The van der Waals surface area contributed by atoms with Crippen molar-refractivity contribution < 1.29 is 4.79 Å². The average Bonchev–Trinajstić information content (AvgIpc) is 2.73. The maximum atomic E-state index is 11.8. The number of hydrogen-bond donors (Lipinski definition) is 2. The van der Waals surface area contributed by atoms with Crippen molar-refractivity contribution in [2.24, 2.45) is 5.92 Å². The van der Waals surface area contributed by atoms with Crippen LogP contribution in [0.25, 0.3) is 0 Å². The van der Waals surface area contributed by atoms with Gasteiger partial charge in [-0.2, -0.15) is 0 Å². The number of thiophene rings is 1. The van der Waals surface area contributed by atoms with E-state index in [1.54, 1.807) is 11.3 Å². The van der Waals surface area contributed by atoms with Crippen LogP contribution < -0.4 is 10.6 Å². The Bertz CT molecular complexity index is 366. The zero-order valence-corrected chi connectivity index (χ0v) is 12.6. The van der Waals surface area contributed by atoms with E-state index in [1.807, 2.05) is 12.1 Å². The van der Waals surface area contributed by atoms with Crippen molar-refractivity contribution in [1.29, 1.82) is 0 Å². The van der Waals surface area contributed by atoms with E-state index in [4.69, 9.17) is 0 Å². The zero-order chi connectivity index (χ0) is 11.4. The smallest absolute Gasteiger partial charge is 0.224 e. The van der Waals surface area contributed by atoms with Crippen molar-refractivity contribution in [3.63, 3.8) is 0 Å². The number of carbonyl (C=O) groups excluding carboxylic acids is 1. The first-order chi connectivity index (χ1) is 7.75. The topological polar surface area (TPSA) is 41.1 Å². The Morgan fingerprint density at radius 3 is 3.00 bits per heavy atom. The molecule has 0 unspecified atom stereocenters. The van der Waals surface area contributed by atoms with E-state index in [0.717, 1.165) is 29.7 Å². The lowest BCUT2D eigenvalue weighted by Gasteiger charge is -2.21. The molecule has 17 heavy (non-hydrogen) atoms. The van der Waals surface area contributed by atoms with E-state index in [2.05, 4.69) is 26.6 Å². The minimum absolute atomic E-state index is 0. The second-order valence-electron chi connectivity index (χ2n) is 3.97. The number of hydrogen-bond acceptors (Lipinski definition) is 3. The molecule has 6 heteroatoms. The molecule has 0 bridgehead atoms. The van der Waals surface area contributed by atoms with E-state index in [-0.39, 0.29) is 24.2 Å². The molecule has 0 spiro atoms. The monoisotopic (exact) mass is 338 g/mol. The third-order valence-electron chi connectivity index (χ3n) is 2.73. The maximum Gasteiger partial charge on any atom is 0.224 e. The first-order valence-electron chi connectivity index (χ1n) is 5.48. The Kier molecular flexibility index (Phi) is 6.48. The molecule has 0 saturated carbocycles. The molecular weight excluding hydrogens is 324 g/mol. The van der Waals surface area contributed by atoms with Crippen LogP contribution in [0.4, 0.5) is 0 Å².